The number of nitrogens with zero attached hydrogens (tertiary/aromatic N) is 2. The molecule has 0 spiro atoms. The van der Waals surface area contributed by atoms with Gasteiger partial charge in [0.2, 0.25) is 0 Å². The maximum absolute atomic E-state index is 9.35. The highest BCUT2D eigenvalue weighted by Gasteiger charge is 2.33. The molecule has 0 aromatic heterocycles. The summed E-state index contributed by atoms with van der Waals surface area (Å²) in [6.45, 7) is 12.7. The maximum atomic E-state index is 9.35. The van der Waals surface area contributed by atoms with Gasteiger partial charge in [-0.3, -0.25) is 5.32 Å². The van der Waals surface area contributed by atoms with Crippen LogP contribution in [0.4, 0.5) is 0 Å². The molecular weight excluding hydrogens is 214 g/mol. The number of methoxy groups -OCH3 is 1. The molecule has 0 rings (SSSR count). The number of nitriles is 1. The monoisotopic (exact) mass is 241 g/mol. The molecule has 17 heavy (non-hydrogen) atoms. The van der Waals surface area contributed by atoms with E-state index in [1.165, 1.54) is 0 Å². The van der Waals surface area contributed by atoms with Crippen molar-refractivity contribution >= 4 is 0 Å². The summed E-state index contributed by atoms with van der Waals surface area (Å²) in [5.74, 6) is 0.226. The molecule has 0 aliphatic carbocycles. The van der Waals surface area contributed by atoms with Crippen LogP contribution < -0.4 is 5.32 Å². The molecule has 0 fully saturated rings. The smallest absolute Gasteiger partial charge is 0.132 e. The molecule has 1 atom stereocenters. The standard InChI is InChI=1S/C13H27N3O/c1-6-16(7-2)9-8-15-13(10-14,11-17-5)12(3)4/h12,15H,6-9,11H2,1-5H3. The van der Waals surface area contributed by atoms with Crippen LogP contribution >= 0.6 is 0 Å². The van der Waals surface area contributed by atoms with Gasteiger partial charge in [-0.1, -0.05) is 27.7 Å². The zero-order chi connectivity index (χ0) is 13.3. The Balaban J connectivity index is 4.31. The number of nitrogens with one attached hydrogen (secondary N) is 1. The van der Waals surface area contributed by atoms with Gasteiger partial charge in [-0.2, -0.15) is 5.26 Å². The van der Waals surface area contributed by atoms with Crippen LogP contribution in [0.1, 0.15) is 27.7 Å². The van der Waals surface area contributed by atoms with Gasteiger partial charge in [0.25, 0.3) is 0 Å². The average molecular weight is 241 g/mol. The van der Waals surface area contributed by atoms with Crippen LogP contribution in [0.25, 0.3) is 0 Å². The van der Waals surface area contributed by atoms with Gasteiger partial charge in [0, 0.05) is 20.2 Å². The van der Waals surface area contributed by atoms with E-state index in [1.54, 1.807) is 7.11 Å². The molecule has 0 saturated carbocycles. The predicted molar refractivity (Wildman–Crippen MR) is 70.8 cm³/mol. The Morgan fingerprint density at radius 1 is 1.35 bits per heavy atom. The second kappa shape index (κ2) is 8.46. The first kappa shape index (κ1) is 16.4. The van der Waals surface area contributed by atoms with Gasteiger partial charge in [-0.25, -0.2) is 0 Å². The summed E-state index contributed by atoms with van der Waals surface area (Å²) < 4.78 is 5.17. The molecule has 0 saturated heterocycles. The molecule has 0 aliphatic rings. The van der Waals surface area contributed by atoms with Gasteiger partial charge in [0.05, 0.1) is 12.7 Å². The van der Waals surface area contributed by atoms with E-state index in [-0.39, 0.29) is 5.92 Å². The van der Waals surface area contributed by atoms with Crippen LogP contribution in [0.5, 0.6) is 0 Å². The normalized spacial score (nSPS) is 14.9. The highest BCUT2D eigenvalue weighted by molar-refractivity contribution is 5.09. The molecule has 0 bridgehead atoms. The Kier molecular flexibility index (Phi) is 8.15. The van der Waals surface area contributed by atoms with Crippen molar-refractivity contribution in [3.63, 3.8) is 0 Å². The molecule has 100 valence electrons. The molecule has 4 heteroatoms. The quantitative estimate of drug-likeness (QED) is 0.664. The minimum Gasteiger partial charge on any atom is -0.382 e. The lowest BCUT2D eigenvalue weighted by Crippen LogP contribution is -2.54. The summed E-state index contributed by atoms with van der Waals surface area (Å²) in [6.07, 6.45) is 0. The van der Waals surface area contributed by atoms with Crippen molar-refractivity contribution in [1.82, 2.24) is 10.2 Å². The Bertz CT molecular complexity index is 233. The predicted octanol–water partition coefficient (Wildman–Crippen LogP) is 1.48. The Morgan fingerprint density at radius 3 is 2.29 bits per heavy atom. The van der Waals surface area contributed by atoms with Crippen molar-refractivity contribution in [2.75, 3.05) is 39.9 Å². The maximum Gasteiger partial charge on any atom is 0.132 e. The summed E-state index contributed by atoms with van der Waals surface area (Å²) in [7, 11) is 1.64. The second-order valence-corrected chi connectivity index (χ2v) is 4.62. The molecule has 0 heterocycles. The van der Waals surface area contributed by atoms with Crippen molar-refractivity contribution in [2.24, 2.45) is 5.92 Å². The Morgan fingerprint density at radius 2 is 1.94 bits per heavy atom. The first-order chi connectivity index (χ1) is 8.06. The number of ether oxygens (including phenoxy) is 1. The van der Waals surface area contributed by atoms with Crippen LogP contribution in [-0.4, -0.2) is 50.3 Å². The summed E-state index contributed by atoms with van der Waals surface area (Å²) in [5.41, 5.74) is -0.568. The number of likely N-dealkylation sites (N-methyl/N-ethyl adjacent to an activating group) is 1. The fraction of sp³-hybridized carbons (Fsp3) is 0.923. The highest BCUT2D eigenvalue weighted by atomic mass is 16.5. The van der Waals surface area contributed by atoms with Crippen molar-refractivity contribution in [1.29, 1.82) is 5.26 Å². The van der Waals surface area contributed by atoms with Gasteiger partial charge in [-0.05, 0) is 19.0 Å². The van der Waals surface area contributed by atoms with E-state index in [9.17, 15) is 5.26 Å². The molecule has 4 nitrogen and oxygen atoms in total. The van der Waals surface area contributed by atoms with Gasteiger partial charge in [0.1, 0.15) is 5.54 Å². The lowest BCUT2D eigenvalue weighted by atomic mass is 9.88. The topological polar surface area (TPSA) is 48.3 Å². The van der Waals surface area contributed by atoms with Gasteiger partial charge >= 0.3 is 0 Å². The van der Waals surface area contributed by atoms with Crippen LogP contribution in [0.3, 0.4) is 0 Å². The van der Waals surface area contributed by atoms with Gasteiger partial charge in [-0.15, -0.1) is 0 Å². The molecule has 0 aromatic carbocycles. The van der Waals surface area contributed by atoms with E-state index in [1.807, 2.05) is 13.8 Å². The molecule has 1 unspecified atom stereocenters. The third kappa shape index (κ3) is 5.03. The third-order valence-corrected chi connectivity index (χ3v) is 3.32. The lowest BCUT2D eigenvalue weighted by molar-refractivity contribution is 0.109. The summed E-state index contributed by atoms with van der Waals surface area (Å²) in [4.78, 5) is 2.34. The van der Waals surface area contributed by atoms with Crippen molar-refractivity contribution in [3.8, 4) is 6.07 Å². The van der Waals surface area contributed by atoms with E-state index >= 15 is 0 Å². The minimum atomic E-state index is -0.568. The highest BCUT2D eigenvalue weighted by Crippen LogP contribution is 2.16. The first-order valence-electron chi connectivity index (χ1n) is 6.43. The second-order valence-electron chi connectivity index (χ2n) is 4.62. The van der Waals surface area contributed by atoms with Crippen LogP contribution in [0, 0.1) is 17.2 Å². The molecule has 0 aliphatic heterocycles. The summed E-state index contributed by atoms with van der Waals surface area (Å²) >= 11 is 0. The fourth-order valence-corrected chi connectivity index (χ4v) is 1.83. The van der Waals surface area contributed by atoms with E-state index < -0.39 is 5.54 Å². The average Bonchev–Trinajstić information content (AvgIpc) is 2.33. The molecule has 0 amide bonds. The van der Waals surface area contributed by atoms with Gasteiger partial charge in [0.15, 0.2) is 0 Å². The SMILES string of the molecule is CCN(CC)CCNC(C#N)(COC)C(C)C. The van der Waals surface area contributed by atoms with Crippen LogP contribution in [0.2, 0.25) is 0 Å². The van der Waals surface area contributed by atoms with Crippen LogP contribution in [-0.2, 0) is 4.74 Å². The Hall–Kier alpha value is -0.630. The van der Waals surface area contributed by atoms with E-state index in [0.29, 0.717) is 6.61 Å². The fourth-order valence-electron chi connectivity index (χ4n) is 1.83. The molecule has 1 N–H and O–H groups in total. The zero-order valence-electron chi connectivity index (χ0n) is 11.9. The molecule has 0 radical (unpaired) electrons. The third-order valence-electron chi connectivity index (χ3n) is 3.32. The molecular formula is C13H27N3O. The van der Waals surface area contributed by atoms with Crippen molar-refractivity contribution in [3.05, 3.63) is 0 Å². The minimum absolute atomic E-state index is 0.226. The lowest BCUT2D eigenvalue weighted by Gasteiger charge is -2.32. The van der Waals surface area contributed by atoms with E-state index in [0.717, 1.165) is 26.2 Å². The number of hydrogen-bond donors (Lipinski definition) is 1. The summed E-state index contributed by atoms with van der Waals surface area (Å²) in [5, 5.41) is 12.7. The largest absolute Gasteiger partial charge is 0.382 e. The zero-order valence-corrected chi connectivity index (χ0v) is 11.9. The van der Waals surface area contributed by atoms with Gasteiger partial charge < -0.3 is 9.64 Å². The first-order valence-corrected chi connectivity index (χ1v) is 6.43. The molecule has 0 aromatic rings. The van der Waals surface area contributed by atoms with E-state index in [2.05, 4.69) is 30.1 Å². The number of rotatable bonds is 9. The summed E-state index contributed by atoms with van der Waals surface area (Å²) in [6, 6.07) is 2.37. The van der Waals surface area contributed by atoms with Crippen LogP contribution in [0.15, 0.2) is 0 Å². The Labute approximate surface area is 106 Å². The van der Waals surface area contributed by atoms with Crippen molar-refractivity contribution < 1.29 is 4.74 Å². The van der Waals surface area contributed by atoms with E-state index in [4.69, 9.17) is 4.74 Å². The number of hydrogen-bond acceptors (Lipinski definition) is 4. The van der Waals surface area contributed by atoms with Crippen molar-refractivity contribution in [2.45, 2.75) is 33.2 Å².